The lowest BCUT2D eigenvalue weighted by molar-refractivity contribution is 0.439. The SMILES string of the molecule is O=S1(=O)N=C(C2CCCCC2)Nc2c(Cl)ccc(I)c21. The maximum absolute atomic E-state index is 12.4. The number of nitrogens with one attached hydrogen (secondary N) is 1. The van der Waals surface area contributed by atoms with Gasteiger partial charge in [0.05, 0.1) is 10.7 Å². The molecule has 1 aromatic carbocycles. The van der Waals surface area contributed by atoms with Crippen molar-refractivity contribution in [2.24, 2.45) is 10.3 Å². The monoisotopic (exact) mass is 424 g/mol. The maximum atomic E-state index is 12.4. The minimum atomic E-state index is -3.66. The van der Waals surface area contributed by atoms with Gasteiger partial charge in [-0.15, -0.1) is 4.40 Å². The van der Waals surface area contributed by atoms with Crippen LogP contribution in [-0.2, 0) is 10.0 Å². The fourth-order valence-electron chi connectivity index (χ4n) is 2.78. The highest BCUT2D eigenvalue weighted by atomic mass is 127. The van der Waals surface area contributed by atoms with Gasteiger partial charge in [-0.05, 0) is 47.6 Å². The van der Waals surface area contributed by atoms with Gasteiger partial charge in [0.1, 0.15) is 10.7 Å². The second-order valence-electron chi connectivity index (χ2n) is 5.14. The lowest BCUT2D eigenvalue weighted by atomic mass is 9.88. The van der Waals surface area contributed by atoms with Crippen LogP contribution in [0.5, 0.6) is 0 Å². The Morgan fingerprint density at radius 3 is 2.65 bits per heavy atom. The Bertz CT molecular complexity index is 682. The number of sulfonamides is 1. The van der Waals surface area contributed by atoms with Crippen molar-refractivity contribution in [3.8, 4) is 0 Å². The van der Waals surface area contributed by atoms with Crippen LogP contribution in [0.2, 0.25) is 5.02 Å². The van der Waals surface area contributed by atoms with E-state index < -0.39 is 10.0 Å². The Labute approximate surface area is 137 Å². The molecule has 1 heterocycles. The number of nitrogens with zero attached hydrogens (tertiary/aromatic N) is 1. The summed E-state index contributed by atoms with van der Waals surface area (Å²) in [5.74, 6) is 0.752. The van der Waals surface area contributed by atoms with Crippen LogP contribution in [0, 0.1) is 9.49 Å². The van der Waals surface area contributed by atoms with E-state index in [1.807, 2.05) is 22.6 Å². The third-order valence-corrected chi connectivity index (χ3v) is 6.74. The van der Waals surface area contributed by atoms with E-state index in [2.05, 4.69) is 9.71 Å². The van der Waals surface area contributed by atoms with E-state index in [-0.39, 0.29) is 10.8 Å². The van der Waals surface area contributed by atoms with Crippen LogP contribution in [0.1, 0.15) is 32.1 Å². The van der Waals surface area contributed by atoms with Crippen LogP contribution in [0.4, 0.5) is 5.69 Å². The average Bonchev–Trinajstić information content (AvgIpc) is 2.42. The van der Waals surface area contributed by atoms with E-state index in [0.29, 0.717) is 20.1 Å². The van der Waals surface area contributed by atoms with E-state index in [0.717, 1.165) is 25.7 Å². The van der Waals surface area contributed by atoms with E-state index in [1.54, 1.807) is 12.1 Å². The highest BCUT2D eigenvalue weighted by molar-refractivity contribution is 14.1. The third-order valence-electron chi connectivity index (χ3n) is 3.78. The van der Waals surface area contributed by atoms with Crippen molar-refractivity contribution in [2.75, 3.05) is 5.32 Å². The van der Waals surface area contributed by atoms with Gasteiger partial charge in [-0.3, -0.25) is 0 Å². The molecule has 0 saturated heterocycles. The molecule has 20 heavy (non-hydrogen) atoms. The van der Waals surface area contributed by atoms with Gasteiger partial charge in [0.15, 0.2) is 0 Å². The summed E-state index contributed by atoms with van der Waals surface area (Å²) in [6, 6.07) is 3.41. The lowest BCUT2D eigenvalue weighted by Crippen LogP contribution is -2.30. The van der Waals surface area contributed by atoms with Gasteiger partial charge < -0.3 is 5.32 Å². The molecule has 1 N–H and O–H groups in total. The number of benzene rings is 1. The summed E-state index contributed by atoms with van der Waals surface area (Å²) in [6.45, 7) is 0. The van der Waals surface area contributed by atoms with Crippen molar-refractivity contribution in [3.63, 3.8) is 0 Å². The Morgan fingerprint density at radius 1 is 1.25 bits per heavy atom. The Kier molecular flexibility index (Phi) is 3.98. The van der Waals surface area contributed by atoms with Gasteiger partial charge >= 0.3 is 0 Å². The summed E-state index contributed by atoms with van der Waals surface area (Å²) in [5.41, 5.74) is 0.481. The molecular weight excluding hydrogens is 411 g/mol. The fourth-order valence-corrected chi connectivity index (χ4v) is 5.60. The molecule has 0 radical (unpaired) electrons. The molecule has 0 spiro atoms. The maximum Gasteiger partial charge on any atom is 0.287 e. The molecule has 3 rings (SSSR count). The van der Waals surface area contributed by atoms with E-state index in [1.165, 1.54) is 6.42 Å². The predicted octanol–water partition coefficient (Wildman–Crippen LogP) is 4.04. The van der Waals surface area contributed by atoms with Crippen LogP contribution < -0.4 is 5.32 Å². The normalized spacial score (nSPS) is 21.8. The molecule has 1 aliphatic carbocycles. The zero-order valence-corrected chi connectivity index (χ0v) is 14.4. The van der Waals surface area contributed by atoms with Crippen LogP contribution in [-0.4, -0.2) is 14.3 Å². The number of rotatable bonds is 1. The van der Waals surface area contributed by atoms with Gasteiger partial charge in [-0.25, -0.2) is 0 Å². The van der Waals surface area contributed by atoms with Gasteiger partial charge in [0, 0.05) is 9.49 Å². The van der Waals surface area contributed by atoms with Gasteiger partial charge in [0.2, 0.25) is 0 Å². The number of fused-ring (bicyclic) bond motifs is 1. The number of hydrogen-bond acceptors (Lipinski definition) is 3. The summed E-state index contributed by atoms with van der Waals surface area (Å²) < 4.78 is 29.5. The van der Waals surface area contributed by atoms with E-state index >= 15 is 0 Å². The Morgan fingerprint density at radius 2 is 1.95 bits per heavy atom. The zero-order chi connectivity index (χ0) is 14.3. The molecule has 0 atom stereocenters. The van der Waals surface area contributed by atoms with Gasteiger partial charge in [0.25, 0.3) is 10.0 Å². The largest absolute Gasteiger partial charge is 0.340 e. The lowest BCUT2D eigenvalue weighted by Gasteiger charge is -2.27. The van der Waals surface area contributed by atoms with Crippen molar-refractivity contribution >= 4 is 55.7 Å². The summed E-state index contributed by atoms with van der Waals surface area (Å²) >= 11 is 8.16. The van der Waals surface area contributed by atoms with Crippen molar-refractivity contribution in [1.82, 2.24) is 0 Å². The molecule has 1 aliphatic heterocycles. The Hall–Kier alpha value is -0.340. The minimum absolute atomic E-state index is 0.195. The predicted molar refractivity (Wildman–Crippen MR) is 89.0 cm³/mol. The van der Waals surface area contributed by atoms with Gasteiger partial charge in [-0.1, -0.05) is 30.9 Å². The molecule has 2 aliphatic rings. The molecular formula is C13H14ClIN2O2S. The first-order chi connectivity index (χ1) is 9.49. The first-order valence-electron chi connectivity index (χ1n) is 6.59. The van der Waals surface area contributed by atoms with Crippen molar-refractivity contribution < 1.29 is 8.42 Å². The second-order valence-corrected chi connectivity index (χ2v) is 8.26. The molecule has 7 heteroatoms. The first-order valence-corrected chi connectivity index (χ1v) is 9.48. The Balaban J connectivity index is 2.08. The quantitative estimate of drug-likeness (QED) is 0.692. The average molecular weight is 425 g/mol. The molecule has 0 bridgehead atoms. The van der Waals surface area contributed by atoms with Crippen LogP contribution in [0.3, 0.4) is 0 Å². The smallest absolute Gasteiger partial charge is 0.287 e. The molecule has 108 valence electrons. The summed E-state index contributed by atoms with van der Waals surface area (Å²) in [7, 11) is -3.66. The molecule has 0 aromatic heterocycles. The van der Waals surface area contributed by atoms with Crippen LogP contribution >= 0.6 is 34.2 Å². The number of anilines is 1. The van der Waals surface area contributed by atoms with Crippen LogP contribution in [0.25, 0.3) is 0 Å². The van der Waals surface area contributed by atoms with E-state index in [9.17, 15) is 8.42 Å². The van der Waals surface area contributed by atoms with Crippen molar-refractivity contribution in [1.29, 1.82) is 0 Å². The molecule has 1 saturated carbocycles. The highest BCUT2D eigenvalue weighted by Gasteiger charge is 2.32. The first kappa shape index (κ1) is 14.6. The molecule has 1 aromatic rings. The highest BCUT2D eigenvalue weighted by Crippen LogP contribution is 2.39. The van der Waals surface area contributed by atoms with E-state index in [4.69, 9.17) is 11.6 Å². The fraction of sp³-hybridized carbons (Fsp3) is 0.462. The molecule has 4 nitrogen and oxygen atoms in total. The number of amidine groups is 1. The minimum Gasteiger partial charge on any atom is -0.340 e. The topological polar surface area (TPSA) is 58.5 Å². The molecule has 1 fully saturated rings. The summed E-state index contributed by atoms with van der Waals surface area (Å²) in [4.78, 5) is 0.199. The third kappa shape index (κ3) is 2.57. The van der Waals surface area contributed by atoms with Crippen molar-refractivity contribution in [3.05, 3.63) is 20.7 Å². The molecule has 0 amide bonds. The van der Waals surface area contributed by atoms with Crippen molar-refractivity contribution in [2.45, 2.75) is 37.0 Å². The summed E-state index contributed by atoms with van der Waals surface area (Å²) in [6.07, 6.45) is 5.43. The number of halogens is 2. The summed E-state index contributed by atoms with van der Waals surface area (Å²) in [5, 5.41) is 3.59. The number of hydrogen-bond donors (Lipinski definition) is 1. The standard InChI is InChI=1S/C13H14ClIN2O2S/c14-9-6-7-10(15)12-11(9)16-13(17-20(12,18)19)8-4-2-1-3-5-8/h6-8H,1-5H2,(H,16,17). The molecule has 0 unspecified atom stereocenters. The second kappa shape index (κ2) is 5.46. The van der Waals surface area contributed by atoms with Crippen LogP contribution in [0.15, 0.2) is 21.4 Å². The van der Waals surface area contributed by atoms with Gasteiger partial charge in [-0.2, -0.15) is 8.42 Å². The zero-order valence-electron chi connectivity index (χ0n) is 10.7.